The topological polar surface area (TPSA) is 205 Å². The lowest BCUT2D eigenvalue weighted by Crippen LogP contribution is -2.60. The molecule has 1 unspecified atom stereocenters. The Morgan fingerprint density at radius 2 is 1.71 bits per heavy atom. The van der Waals surface area contributed by atoms with E-state index in [4.69, 9.17) is 14.2 Å². The first-order valence-electron chi connectivity index (χ1n) is 26.7. The number of hydrogen-bond donors (Lipinski definition) is 4. The number of fused-ring (bicyclic) bond motifs is 1. The number of piperazine rings is 1. The predicted octanol–water partition coefficient (Wildman–Crippen LogP) is 10.3. The molecule has 2 aromatic heterocycles. The molecule has 4 aliphatic rings. The molecule has 408 valence electrons. The van der Waals surface area contributed by atoms with Crippen LogP contribution >= 0.6 is 0 Å². The number of sulfonamides is 1. The predicted molar refractivity (Wildman–Crippen MR) is 293 cm³/mol. The Hall–Kier alpha value is -6.80. The number of carbonyl (C=O) groups is 1. The lowest BCUT2D eigenvalue weighted by molar-refractivity contribution is -0.384. The van der Waals surface area contributed by atoms with Crippen LogP contribution in [0, 0.1) is 27.3 Å². The summed E-state index contributed by atoms with van der Waals surface area (Å²) in [6, 6.07) is 25.0. The SMILES string of the molecule is COc1cc(CN2CCN(C3CC4(CCN(c5ccc(C(=O)NS(=O)(=O)c6ccc(NC[C@H]7CC[C@](C)(O)CC7)c([N+](=O)[O-])c6)c(Oc6cnc7[nH]ccc7c6)c5)CC4)C3)C(c3ccccc3C(C)C)C2)cc(F)c1OC. The first-order chi connectivity index (χ1) is 36.9. The highest BCUT2D eigenvalue weighted by Crippen LogP contribution is 2.53. The number of nitro groups is 1. The van der Waals surface area contributed by atoms with Gasteiger partial charge in [-0.2, -0.15) is 0 Å². The average Bonchev–Trinajstić information content (AvgIpc) is 3.90. The van der Waals surface area contributed by atoms with Gasteiger partial charge >= 0.3 is 0 Å². The van der Waals surface area contributed by atoms with Gasteiger partial charge in [0.25, 0.3) is 21.6 Å². The van der Waals surface area contributed by atoms with Gasteiger partial charge < -0.3 is 34.5 Å². The third-order valence-corrected chi connectivity index (χ3v) is 18.0. The number of piperidine rings is 1. The fourth-order valence-corrected chi connectivity index (χ4v) is 13.2. The number of carbonyl (C=O) groups excluding carboxylic acids is 1. The van der Waals surface area contributed by atoms with Crippen molar-refractivity contribution in [3.8, 4) is 23.0 Å². The van der Waals surface area contributed by atoms with Crippen molar-refractivity contribution in [1.82, 2.24) is 24.5 Å². The number of anilines is 2. The molecular weight excluding hydrogens is 1000 g/mol. The summed E-state index contributed by atoms with van der Waals surface area (Å²) in [5, 5.41) is 26.5. The molecule has 17 nitrogen and oxygen atoms in total. The number of rotatable bonds is 17. The summed E-state index contributed by atoms with van der Waals surface area (Å²) < 4.78 is 62.2. The molecule has 2 aliphatic heterocycles. The fraction of sp³-hybridized carbons (Fsp3) is 0.448. The molecule has 2 saturated heterocycles. The number of hydrogen-bond acceptors (Lipinski definition) is 14. The van der Waals surface area contributed by atoms with Gasteiger partial charge in [-0.15, -0.1) is 0 Å². The first kappa shape index (κ1) is 53.6. The highest BCUT2D eigenvalue weighted by atomic mass is 32.2. The molecule has 2 aliphatic carbocycles. The molecule has 77 heavy (non-hydrogen) atoms. The maximum absolute atomic E-state index is 15.1. The van der Waals surface area contributed by atoms with Gasteiger partial charge in [0.15, 0.2) is 17.3 Å². The quantitative estimate of drug-likeness (QED) is 0.0496. The summed E-state index contributed by atoms with van der Waals surface area (Å²) in [4.78, 5) is 40.2. The molecule has 4 fully saturated rings. The maximum atomic E-state index is 15.1. The van der Waals surface area contributed by atoms with Crippen LogP contribution in [0.5, 0.6) is 23.0 Å². The number of aromatic amines is 1. The standard InChI is InChI=1S/C58H69FN8O9S/c1-37(2)45-8-6-7-9-46(45)51-36-64(35-39-26-48(59)54(75-5)53(27-39)74-4)24-25-66(51)42-31-58(32-42)19-22-65(23-20-58)41-10-12-47(52(29-41)76-43-28-40-16-21-60-55(40)62-34-43)56(68)63-77(72,73)44-11-13-49(50(30-44)67(70)71)61-33-38-14-17-57(3,69)18-15-38/h6-13,16,21,26-30,34,37-38,42,51,61,69H,14-15,17-20,22-25,31-33,35-36H2,1-5H3,(H,60,62)(H,63,68)/t38-,51?,57-. The Morgan fingerprint density at radius 3 is 2.44 bits per heavy atom. The largest absolute Gasteiger partial charge is 0.493 e. The second-order valence-electron chi connectivity index (χ2n) is 22.2. The molecule has 2 saturated carbocycles. The zero-order valence-electron chi connectivity index (χ0n) is 44.4. The number of halogens is 1. The molecule has 1 atom stereocenters. The minimum absolute atomic E-state index is 0.0503. The molecule has 4 heterocycles. The summed E-state index contributed by atoms with van der Waals surface area (Å²) in [5.41, 5.74) is 4.09. The normalized spacial score (nSPS) is 21.2. The lowest BCUT2D eigenvalue weighted by Gasteiger charge is -2.58. The molecule has 10 rings (SSSR count). The minimum atomic E-state index is -4.61. The number of ether oxygens (including phenoxy) is 3. The lowest BCUT2D eigenvalue weighted by atomic mass is 9.59. The number of H-pyrrole nitrogens is 1. The monoisotopic (exact) mass is 1070 g/mol. The van der Waals surface area contributed by atoms with E-state index in [1.165, 1.54) is 43.7 Å². The van der Waals surface area contributed by atoms with Gasteiger partial charge in [-0.3, -0.25) is 24.7 Å². The maximum Gasteiger partial charge on any atom is 0.293 e. The summed E-state index contributed by atoms with van der Waals surface area (Å²) in [7, 11) is -1.64. The Kier molecular flexibility index (Phi) is 15.3. The molecule has 1 spiro atoms. The van der Waals surface area contributed by atoms with E-state index in [1.54, 1.807) is 43.5 Å². The van der Waals surface area contributed by atoms with Crippen LogP contribution in [-0.2, 0) is 16.6 Å². The highest BCUT2D eigenvalue weighted by Gasteiger charge is 2.50. The third kappa shape index (κ3) is 11.6. The Balaban J connectivity index is 0.832. The van der Waals surface area contributed by atoms with Crippen molar-refractivity contribution < 1.29 is 41.8 Å². The Labute approximate surface area is 449 Å². The van der Waals surface area contributed by atoms with Gasteiger partial charge in [0, 0.05) is 87.3 Å². The number of nitro benzene ring substituents is 1. The summed E-state index contributed by atoms with van der Waals surface area (Å²) in [6.07, 6.45) is 10.1. The summed E-state index contributed by atoms with van der Waals surface area (Å²) in [5.74, 6) is 0.0727. The van der Waals surface area contributed by atoms with Gasteiger partial charge in [0.1, 0.15) is 22.8 Å². The van der Waals surface area contributed by atoms with Crippen molar-refractivity contribution >= 4 is 44.0 Å². The van der Waals surface area contributed by atoms with Crippen molar-refractivity contribution in [2.75, 3.05) is 63.7 Å². The fourth-order valence-electron chi connectivity index (χ4n) is 12.2. The first-order valence-corrected chi connectivity index (χ1v) is 28.2. The minimum Gasteiger partial charge on any atom is -0.493 e. The molecular formula is C58H69FN8O9S. The number of pyridine rings is 1. The smallest absolute Gasteiger partial charge is 0.293 e. The van der Waals surface area contributed by atoms with Crippen molar-refractivity contribution in [2.45, 2.75) is 107 Å². The molecule has 6 aromatic rings. The third-order valence-electron chi connectivity index (χ3n) is 16.7. The van der Waals surface area contributed by atoms with Gasteiger partial charge in [0.05, 0.1) is 41.4 Å². The van der Waals surface area contributed by atoms with Crippen LogP contribution in [0.2, 0.25) is 0 Å². The van der Waals surface area contributed by atoms with Crippen LogP contribution in [0.4, 0.5) is 21.5 Å². The second-order valence-corrected chi connectivity index (χ2v) is 23.9. The van der Waals surface area contributed by atoms with E-state index < -0.39 is 42.9 Å². The molecule has 1 amide bonds. The number of benzene rings is 4. The van der Waals surface area contributed by atoms with Gasteiger partial charge in [0.2, 0.25) is 0 Å². The average molecular weight is 1070 g/mol. The van der Waals surface area contributed by atoms with E-state index in [1.807, 2.05) is 12.1 Å². The number of amides is 1. The summed E-state index contributed by atoms with van der Waals surface area (Å²) in [6.45, 7) is 11.4. The number of methoxy groups -OCH3 is 2. The Bertz CT molecular complexity index is 3250. The molecule has 4 aromatic carbocycles. The van der Waals surface area contributed by atoms with Crippen molar-refractivity contribution in [3.63, 3.8) is 0 Å². The van der Waals surface area contributed by atoms with Crippen molar-refractivity contribution in [1.29, 1.82) is 0 Å². The number of nitrogens with one attached hydrogen (secondary N) is 3. The van der Waals surface area contributed by atoms with Crippen LogP contribution in [0.3, 0.4) is 0 Å². The summed E-state index contributed by atoms with van der Waals surface area (Å²) >= 11 is 0. The van der Waals surface area contributed by atoms with Crippen LogP contribution < -0.4 is 29.1 Å². The second kappa shape index (κ2) is 21.9. The van der Waals surface area contributed by atoms with Crippen LogP contribution in [0.15, 0.2) is 102 Å². The van der Waals surface area contributed by atoms with Crippen molar-refractivity contribution in [2.24, 2.45) is 11.3 Å². The number of aliphatic hydroxyl groups is 1. The molecule has 0 bridgehead atoms. The molecule has 4 N–H and O–H groups in total. The zero-order valence-corrected chi connectivity index (χ0v) is 45.2. The van der Waals surface area contributed by atoms with E-state index in [0.717, 1.165) is 94.0 Å². The van der Waals surface area contributed by atoms with Crippen LogP contribution in [-0.4, -0.2) is 109 Å². The van der Waals surface area contributed by atoms with Crippen molar-refractivity contribution in [3.05, 3.63) is 136 Å². The molecule has 0 radical (unpaired) electrons. The molecule has 19 heteroatoms. The van der Waals surface area contributed by atoms with Crippen LogP contribution in [0.1, 0.15) is 111 Å². The highest BCUT2D eigenvalue weighted by molar-refractivity contribution is 7.90. The van der Waals surface area contributed by atoms with E-state index in [0.29, 0.717) is 55.0 Å². The van der Waals surface area contributed by atoms with E-state index in [9.17, 15) is 28.4 Å². The number of aromatic nitrogens is 2. The van der Waals surface area contributed by atoms with Gasteiger partial charge in [-0.25, -0.2) is 22.5 Å². The van der Waals surface area contributed by atoms with E-state index in [2.05, 4.69) is 72.8 Å². The van der Waals surface area contributed by atoms with Gasteiger partial charge in [-0.05, 0) is 141 Å². The number of nitrogens with zero attached hydrogens (tertiary/aromatic N) is 5. The zero-order chi connectivity index (χ0) is 54.2. The van der Waals surface area contributed by atoms with Crippen LogP contribution in [0.25, 0.3) is 11.0 Å². The van der Waals surface area contributed by atoms with E-state index >= 15 is 4.39 Å². The Morgan fingerprint density at radius 1 is 0.948 bits per heavy atom. The van der Waals surface area contributed by atoms with Gasteiger partial charge in [-0.1, -0.05) is 38.1 Å². The van der Waals surface area contributed by atoms with E-state index in [-0.39, 0.29) is 40.1 Å².